The lowest BCUT2D eigenvalue weighted by molar-refractivity contribution is 0.472. The molecule has 0 aliphatic heterocycles. The standard InChI is InChI=1S/C18H22ClNO/c1-4-20-12-15-8-6-10-17(19)18(15)21-16-9-5-7-14(11-16)13(2)3/h5-11,13,20H,4,12H2,1-3H3. The zero-order valence-corrected chi connectivity index (χ0v) is 13.6. The molecule has 0 aliphatic rings. The summed E-state index contributed by atoms with van der Waals surface area (Å²) in [5.41, 5.74) is 2.33. The number of para-hydroxylation sites is 1. The molecule has 112 valence electrons. The average molecular weight is 304 g/mol. The van der Waals surface area contributed by atoms with Crippen molar-refractivity contribution in [3.05, 3.63) is 58.6 Å². The van der Waals surface area contributed by atoms with Crippen molar-refractivity contribution in [3.63, 3.8) is 0 Å². The van der Waals surface area contributed by atoms with Crippen LogP contribution in [0.15, 0.2) is 42.5 Å². The molecule has 21 heavy (non-hydrogen) atoms. The van der Waals surface area contributed by atoms with Crippen LogP contribution in [0.1, 0.15) is 37.8 Å². The average Bonchev–Trinajstić information content (AvgIpc) is 2.48. The highest BCUT2D eigenvalue weighted by Crippen LogP contribution is 2.33. The molecular weight excluding hydrogens is 282 g/mol. The zero-order chi connectivity index (χ0) is 15.2. The highest BCUT2D eigenvalue weighted by molar-refractivity contribution is 6.32. The van der Waals surface area contributed by atoms with Crippen molar-refractivity contribution in [1.29, 1.82) is 0 Å². The molecule has 0 aliphatic carbocycles. The molecule has 0 saturated carbocycles. The molecule has 1 N–H and O–H groups in total. The maximum Gasteiger partial charge on any atom is 0.150 e. The lowest BCUT2D eigenvalue weighted by Gasteiger charge is -2.14. The van der Waals surface area contributed by atoms with E-state index in [4.69, 9.17) is 16.3 Å². The van der Waals surface area contributed by atoms with E-state index in [0.29, 0.717) is 10.9 Å². The van der Waals surface area contributed by atoms with Crippen molar-refractivity contribution in [2.75, 3.05) is 6.54 Å². The lowest BCUT2D eigenvalue weighted by atomic mass is 10.0. The van der Waals surface area contributed by atoms with Gasteiger partial charge in [-0.2, -0.15) is 0 Å². The van der Waals surface area contributed by atoms with Gasteiger partial charge in [0.05, 0.1) is 5.02 Å². The van der Waals surface area contributed by atoms with Gasteiger partial charge in [-0.1, -0.05) is 56.6 Å². The van der Waals surface area contributed by atoms with Gasteiger partial charge in [0.2, 0.25) is 0 Å². The van der Waals surface area contributed by atoms with Gasteiger partial charge < -0.3 is 10.1 Å². The van der Waals surface area contributed by atoms with Crippen LogP contribution in [0.3, 0.4) is 0 Å². The molecule has 0 fully saturated rings. The van der Waals surface area contributed by atoms with Crippen LogP contribution in [0.4, 0.5) is 0 Å². The number of benzene rings is 2. The first-order valence-corrected chi connectivity index (χ1v) is 7.75. The first-order valence-electron chi connectivity index (χ1n) is 7.37. The van der Waals surface area contributed by atoms with Gasteiger partial charge in [0.1, 0.15) is 11.5 Å². The highest BCUT2D eigenvalue weighted by Gasteiger charge is 2.10. The van der Waals surface area contributed by atoms with E-state index >= 15 is 0 Å². The van der Waals surface area contributed by atoms with Gasteiger partial charge in [-0.15, -0.1) is 0 Å². The minimum atomic E-state index is 0.473. The molecule has 2 rings (SSSR count). The quantitative estimate of drug-likeness (QED) is 0.775. The van der Waals surface area contributed by atoms with Gasteiger partial charge in [-0.25, -0.2) is 0 Å². The molecule has 2 nitrogen and oxygen atoms in total. The minimum absolute atomic E-state index is 0.473. The Morgan fingerprint density at radius 2 is 1.90 bits per heavy atom. The fraction of sp³-hybridized carbons (Fsp3) is 0.333. The fourth-order valence-electron chi connectivity index (χ4n) is 2.12. The molecule has 0 heterocycles. The number of rotatable bonds is 6. The van der Waals surface area contributed by atoms with E-state index in [1.54, 1.807) is 0 Å². The van der Waals surface area contributed by atoms with E-state index < -0.39 is 0 Å². The van der Waals surface area contributed by atoms with E-state index in [1.807, 2.05) is 30.3 Å². The predicted octanol–water partition coefficient (Wildman–Crippen LogP) is 5.37. The van der Waals surface area contributed by atoms with Crippen LogP contribution in [-0.2, 0) is 6.54 Å². The van der Waals surface area contributed by atoms with Crippen LogP contribution >= 0.6 is 11.6 Å². The third-order valence-corrected chi connectivity index (χ3v) is 3.66. The van der Waals surface area contributed by atoms with E-state index in [1.165, 1.54) is 5.56 Å². The molecule has 0 spiro atoms. The number of ether oxygens (including phenoxy) is 1. The molecule has 0 aromatic heterocycles. The molecule has 3 heteroatoms. The van der Waals surface area contributed by atoms with Crippen LogP contribution in [0.25, 0.3) is 0 Å². The summed E-state index contributed by atoms with van der Waals surface area (Å²) in [6.45, 7) is 8.08. The van der Waals surface area contributed by atoms with Crippen LogP contribution < -0.4 is 10.1 Å². The largest absolute Gasteiger partial charge is 0.455 e. The zero-order valence-electron chi connectivity index (χ0n) is 12.8. The maximum atomic E-state index is 6.31. The maximum absolute atomic E-state index is 6.31. The summed E-state index contributed by atoms with van der Waals surface area (Å²) >= 11 is 6.31. The number of hydrogen-bond acceptors (Lipinski definition) is 2. The second-order valence-electron chi connectivity index (χ2n) is 5.34. The van der Waals surface area contributed by atoms with Gasteiger partial charge in [-0.05, 0) is 36.2 Å². The Morgan fingerprint density at radius 1 is 1.14 bits per heavy atom. The molecule has 0 radical (unpaired) electrons. The van der Waals surface area contributed by atoms with Crippen LogP contribution in [0.2, 0.25) is 5.02 Å². The molecule has 0 bridgehead atoms. The van der Waals surface area contributed by atoms with E-state index in [0.717, 1.165) is 30.2 Å². The summed E-state index contributed by atoms with van der Waals surface area (Å²) in [5, 5.41) is 3.95. The monoisotopic (exact) mass is 303 g/mol. The van der Waals surface area contributed by atoms with Crippen molar-refractivity contribution < 1.29 is 4.74 Å². The summed E-state index contributed by atoms with van der Waals surface area (Å²) in [6, 6.07) is 14.0. The summed E-state index contributed by atoms with van der Waals surface area (Å²) in [7, 11) is 0. The summed E-state index contributed by atoms with van der Waals surface area (Å²) in [5.74, 6) is 2.04. The van der Waals surface area contributed by atoms with Crippen molar-refractivity contribution >= 4 is 11.6 Å². The van der Waals surface area contributed by atoms with E-state index in [-0.39, 0.29) is 0 Å². The molecule has 0 atom stereocenters. The highest BCUT2D eigenvalue weighted by atomic mass is 35.5. The first-order chi connectivity index (χ1) is 10.1. The third-order valence-electron chi connectivity index (χ3n) is 3.36. The molecular formula is C18H22ClNO. The Labute approximate surface area is 132 Å². The first kappa shape index (κ1) is 15.9. The van der Waals surface area contributed by atoms with E-state index in [9.17, 15) is 0 Å². The smallest absolute Gasteiger partial charge is 0.150 e. The van der Waals surface area contributed by atoms with Gasteiger partial charge in [0.15, 0.2) is 0 Å². The van der Waals surface area contributed by atoms with Crippen molar-refractivity contribution in [1.82, 2.24) is 5.32 Å². The second kappa shape index (κ2) is 7.48. The van der Waals surface area contributed by atoms with Gasteiger partial charge in [0, 0.05) is 12.1 Å². The second-order valence-corrected chi connectivity index (χ2v) is 5.74. The molecule has 0 amide bonds. The van der Waals surface area contributed by atoms with Crippen molar-refractivity contribution in [2.24, 2.45) is 0 Å². The van der Waals surface area contributed by atoms with E-state index in [2.05, 4.69) is 38.2 Å². The molecule has 2 aromatic rings. The van der Waals surface area contributed by atoms with Gasteiger partial charge >= 0.3 is 0 Å². The van der Waals surface area contributed by atoms with Gasteiger partial charge in [-0.3, -0.25) is 0 Å². The Balaban J connectivity index is 2.28. The normalized spacial score (nSPS) is 10.9. The third kappa shape index (κ3) is 4.23. The van der Waals surface area contributed by atoms with Crippen LogP contribution in [-0.4, -0.2) is 6.54 Å². The number of nitrogens with one attached hydrogen (secondary N) is 1. The summed E-state index contributed by atoms with van der Waals surface area (Å²) < 4.78 is 6.06. The Morgan fingerprint density at radius 3 is 2.62 bits per heavy atom. The summed E-state index contributed by atoms with van der Waals surface area (Å²) in [4.78, 5) is 0. The number of hydrogen-bond donors (Lipinski definition) is 1. The topological polar surface area (TPSA) is 21.3 Å². The van der Waals surface area contributed by atoms with Crippen LogP contribution in [0, 0.1) is 0 Å². The van der Waals surface area contributed by atoms with Crippen LogP contribution in [0.5, 0.6) is 11.5 Å². The van der Waals surface area contributed by atoms with Crippen molar-refractivity contribution in [3.8, 4) is 11.5 Å². The lowest BCUT2D eigenvalue weighted by Crippen LogP contribution is -2.12. The van der Waals surface area contributed by atoms with Gasteiger partial charge in [0.25, 0.3) is 0 Å². The minimum Gasteiger partial charge on any atom is -0.455 e. The number of halogens is 1. The Hall–Kier alpha value is -1.51. The van der Waals surface area contributed by atoms with Crippen molar-refractivity contribution in [2.45, 2.75) is 33.2 Å². The fourth-order valence-corrected chi connectivity index (χ4v) is 2.35. The molecule has 2 aromatic carbocycles. The molecule has 0 saturated heterocycles. The predicted molar refractivity (Wildman–Crippen MR) is 89.4 cm³/mol. The Bertz CT molecular complexity index is 596. The molecule has 0 unspecified atom stereocenters. The Kier molecular flexibility index (Phi) is 5.66. The SMILES string of the molecule is CCNCc1cccc(Cl)c1Oc1cccc(C(C)C)c1. The summed E-state index contributed by atoms with van der Waals surface area (Å²) in [6.07, 6.45) is 0.